The van der Waals surface area contributed by atoms with Gasteiger partial charge in [-0.25, -0.2) is 4.89 Å². The predicted molar refractivity (Wildman–Crippen MR) is 94.9 cm³/mol. The molecule has 0 unspecified atom stereocenters. The molecule has 3 nitrogen and oxygen atoms in total. The molecule has 2 rings (SSSR count). The van der Waals surface area contributed by atoms with Gasteiger partial charge in [-0.3, -0.25) is 0 Å². The summed E-state index contributed by atoms with van der Waals surface area (Å²) in [5.41, 5.74) is 2.09. The van der Waals surface area contributed by atoms with E-state index in [1.165, 1.54) is 0 Å². The molecular weight excluding hydrogens is 311 g/mol. The Kier molecular flexibility index (Phi) is 5.90. The fourth-order valence-corrected chi connectivity index (χ4v) is 6.11. The minimum absolute atomic E-state index is 0.379. The van der Waals surface area contributed by atoms with Crippen LogP contribution >= 0.6 is 7.49 Å². The molecule has 0 aliphatic carbocycles. The largest absolute Gasteiger partial charge is 0.352 e. The van der Waals surface area contributed by atoms with E-state index < -0.39 is 15.2 Å². The Labute approximate surface area is 134 Å². The quantitative estimate of drug-likeness (QED) is 0.571. The van der Waals surface area contributed by atoms with E-state index in [0.717, 1.165) is 11.1 Å². The molecule has 22 heavy (non-hydrogen) atoms. The van der Waals surface area contributed by atoms with Crippen LogP contribution in [0.2, 0.25) is 19.6 Å². The van der Waals surface area contributed by atoms with E-state index in [4.69, 9.17) is 9.05 Å². The van der Waals surface area contributed by atoms with Gasteiger partial charge < -0.3 is 0 Å². The fourth-order valence-electron chi connectivity index (χ4n) is 1.90. The van der Waals surface area contributed by atoms with Crippen molar-refractivity contribution in [3.63, 3.8) is 0 Å². The molecule has 1 N–H and O–H groups in total. The Hall–Kier alpha value is -1.03. The van der Waals surface area contributed by atoms with Crippen LogP contribution in [0.4, 0.5) is 0 Å². The van der Waals surface area contributed by atoms with Crippen molar-refractivity contribution in [2.75, 3.05) is 0 Å². The molecular formula is C17H24O3PSi+. The second-order valence-electron chi connectivity index (χ2n) is 6.21. The van der Waals surface area contributed by atoms with E-state index in [2.05, 4.69) is 19.6 Å². The van der Waals surface area contributed by atoms with E-state index in [9.17, 15) is 4.89 Å². The molecule has 5 heteroatoms. The first-order valence-corrected chi connectivity index (χ1v) is 13.3. The lowest BCUT2D eigenvalue weighted by molar-refractivity contribution is 0.176. The van der Waals surface area contributed by atoms with Crippen LogP contribution in [0.25, 0.3) is 0 Å². The van der Waals surface area contributed by atoms with Gasteiger partial charge in [-0.2, -0.15) is 9.05 Å². The van der Waals surface area contributed by atoms with Gasteiger partial charge in [-0.15, -0.1) is 0 Å². The summed E-state index contributed by atoms with van der Waals surface area (Å²) < 4.78 is 11.8. The van der Waals surface area contributed by atoms with E-state index in [0.29, 0.717) is 13.2 Å². The molecule has 0 saturated heterocycles. The summed E-state index contributed by atoms with van der Waals surface area (Å²) in [6.07, 6.45) is 0. The van der Waals surface area contributed by atoms with Crippen LogP contribution in [-0.4, -0.2) is 12.6 Å². The van der Waals surface area contributed by atoms with Gasteiger partial charge in [0, 0.05) is 0 Å². The van der Waals surface area contributed by atoms with Crippen LogP contribution in [-0.2, 0) is 22.3 Å². The highest BCUT2D eigenvalue weighted by molar-refractivity contribution is 7.97. The average molecular weight is 335 g/mol. The van der Waals surface area contributed by atoms with Gasteiger partial charge in [0.2, 0.25) is 0 Å². The summed E-state index contributed by atoms with van der Waals surface area (Å²) >= 11 is 0. The molecule has 118 valence electrons. The third-order valence-electron chi connectivity index (χ3n) is 3.35. The molecule has 0 heterocycles. The zero-order valence-electron chi connectivity index (χ0n) is 13.4. The van der Waals surface area contributed by atoms with Gasteiger partial charge in [-0.05, 0) is 30.8 Å². The maximum Gasteiger partial charge on any atom is 0.352 e. The zero-order chi connectivity index (χ0) is 16.1. The monoisotopic (exact) mass is 335 g/mol. The molecule has 0 bridgehead atoms. The SMILES string of the molecule is C[Si](C)(C)[P+](O)(OCc1ccccc1)OCc1ccccc1. The smallest absolute Gasteiger partial charge is 0.205 e. The number of rotatable bonds is 7. The van der Waals surface area contributed by atoms with Crippen LogP contribution in [0.1, 0.15) is 11.1 Å². The summed E-state index contributed by atoms with van der Waals surface area (Å²) in [6, 6.07) is 19.8. The Morgan fingerprint density at radius 2 is 1.14 bits per heavy atom. The van der Waals surface area contributed by atoms with Crippen molar-refractivity contribution in [1.29, 1.82) is 0 Å². The summed E-state index contributed by atoms with van der Waals surface area (Å²) in [4.78, 5) is 11.0. The Bertz CT molecular complexity index is 526. The van der Waals surface area contributed by atoms with Crippen molar-refractivity contribution in [3.05, 3.63) is 71.8 Å². The van der Waals surface area contributed by atoms with Crippen LogP contribution in [0.5, 0.6) is 0 Å². The fraction of sp³-hybridized carbons (Fsp3) is 0.294. The van der Waals surface area contributed by atoms with Crippen LogP contribution < -0.4 is 0 Å². The maximum atomic E-state index is 11.0. The topological polar surface area (TPSA) is 38.7 Å². The molecule has 0 fully saturated rings. The number of hydrogen-bond acceptors (Lipinski definition) is 3. The molecule has 0 saturated carbocycles. The maximum absolute atomic E-state index is 11.0. The lowest BCUT2D eigenvalue weighted by Gasteiger charge is -2.27. The van der Waals surface area contributed by atoms with E-state index in [1.807, 2.05) is 60.7 Å². The second kappa shape index (κ2) is 7.49. The highest BCUT2D eigenvalue weighted by atomic mass is 31.5. The Morgan fingerprint density at radius 3 is 1.45 bits per heavy atom. The summed E-state index contributed by atoms with van der Waals surface area (Å²) in [6.45, 7) is 7.00. The van der Waals surface area contributed by atoms with Crippen molar-refractivity contribution in [3.8, 4) is 0 Å². The van der Waals surface area contributed by atoms with Crippen molar-refractivity contribution < 1.29 is 13.9 Å². The molecule has 0 atom stereocenters. The standard InChI is InChI=1S/C17H24O3PSi/c1-22(2,3)21(18,19-14-16-10-6-4-7-11-16)20-15-17-12-8-5-9-13-17/h4-13,18H,14-15H2,1-3H3/q+1. The number of hydrogen-bond donors (Lipinski definition) is 1. The zero-order valence-corrected chi connectivity index (χ0v) is 15.3. The summed E-state index contributed by atoms with van der Waals surface area (Å²) in [7, 11) is -4.84. The number of benzene rings is 2. The highest BCUT2D eigenvalue weighted by Gasteiger charge is 2.56. The first kappa shape index (κ1) is 17.3. The average Bonchev–Trinajstić information content (AvgIpc) is 2.52. The minimum Gasteiger partial charge on any atom is -0.205 e. The lowest BCUT2D eigenvalue weighted by Crippen LogP contribution is -2.29. The van der Waals surface area contributed by atoms with Crippen molar-refractivity contribution in [2.45, 2.75) is 32.9 Å². The normalized spacial score (nSPS) is 12.4. The lowest BCUT2D eigenvalue weighted by atomic mass is 10.2. The highest BCUT2D eigenvalue weighted by Crippen LogP contribution is 2.65. The van der Waals surface area contributed by atoms with Crippen molar-refractivity contribution >= 4 is 15.2 Å². The molecule has 2 aromatic rings. The van der Waals surface area contributed by atoms with Crippen LogP contribution in [0.15, 0.2) is 60.7 Å². The first-order valence-electron chi connectivity index (χ1n) is 7.39. The van der Waals surface area contributed by atoms with Crippen molar-refractivity contribution in [2.24, 2.45) is 0 Å². The molecule has 2 aromatic carbocycles. The summed E-state index contributed by atoms with van der Waals surface area (Å²) in [5, 5.41) is 0. The van der Waals surface area contributed by atoms with E-state index in [1.54, 1.807) is 0 Å². The van der Waals surface area contributed by atoms with Gasteiger partial charge in [0.05, 0.1) is 0 Å². The van der Waals surface area contributed by atoms with Crippen molar-refractivity contribution in [1.82, 2.24) is 0 Å². The predicted octanol–water partition coefficient (Wildman–Crippen LogP) is 5.01. The third-order valence-corrected chi connectivity index (χ3v) is 11.9. The first-order chi connectivity index (χ1) is 10.4. The minimum atomic E-state index is -2.85. The van der Waals surface area contributed by atoms with Crippen LogP contribution in [0, 0.1) is 0 Å². The van der Waals surface area contributed by atoms with Gasteiger partial charge >= 0.3 is 15.2 Å². The van der Waals surface area contributed by atoms with Gasteiger partial charge in [0.25, 0.3) is 0 Å². The van der Waals surface area contributed by atoms with E-state index in [-0.39, 0.29) is 0 Å². The van der Waals surface area contributed by atoms with Crippen LogP contribution in [0.3, 0.4) is 0 Å². The molecule has 0 aliphatic heterocycles. The molecule has 0 spiro atoms. The van der Waals surface area contributed by atoms with Gasteiger partial charge in [-0.1, -0.05) is 60.7 Å². The van der Waals surface area contributed by atoms with E-state index >= 15 is 0 Å². The summed E-state index contributed by atoms with van der Waals surface area (Å²) in [5.74, 6) is 0. The molecule has 0 aromatic heterocycles. The van der Waals surface area contributed by atoms with Gasteiger partial charge in [0.15, 0.2) is 0 Å². The second-order valence-corrected chi connectivity index (χ2v) is 17.8. The Balaban J connectivity index is 2.04. The third kappa shape index (κ3) is 4.73. The van der Waals surface area contributed by atoms with Gasteiger partial charge in [0.1, 0.15) is 13.2 Å². The molecule has 0 radical (unpaired) electrons. The molecule has 0 aliphatic rings. The molecule has 0 amide bonds. The Morgan fingerprint density at radius 1 is 0.773 bits per heavy atom.